The van der Waals surface area contributed by atoms with Gasteiger partial charge in [-0.3, -0.25) is 9.59 Å². The second-order valence-corrected chi connectivity index (χ2v) is 10.2. The maximum absolute atomic E-state index is 14.6. The van der Waals surface area contributed by atoms with Crippen molar-refractivity contribution in [1.82, 2.24) is 9.88 Å². The van der Waals surface area contributed by atoms with Crippen molar-refractivity contribution in [3.05, 3.63) is 47.2 Å². The van der Waals surface area contributed by atoms with Gasteiger partial charge in [-0.25, -0.2) is 9.37 Å². The topological polar surface area (TPSA) is 110 Å². The number of carbonyl (C=O) groups is 2. The van der Waals surface area contributed by atoms with Gasteiger partial charge in [0.15, 0.2) is 17.2 Å². The zero-order chi connectivity index (χ0) is 29.6. The van der Waals surface area contributed by atoms with Gasteiger partial charge in [0.1, 0.15) is 17.6 Å². The summed E-state index contributed by atoms with van der Waals surface area (Å²) in [6.45, 7) is 4.59. The first-order valence-corrected chi connectivity index (χ1v) is 12.5. The number of nitrogens with zero attached hydrogens (tertiary/aromatic N) is 3. The van der Waals surface area contributed by atoms with Crippen LogP contribution in [0.15, 0.2) is 24.3 Å². The zero-order valence-corrected chi connectivity index (χ0v) is 22.3. The second-order valence-electron chi connectivity index (χ2n) is 10.2. The first-order chi connectivity index (χ1) is 18.7. The Labute approximate surface area is 227 Å². The minimum Gasteiger partial charge on any atom is -0.493 e. The molecule has 0 saturated carbocycles. The summed E-state index contributed by atoms with van der Waals surface area (Å²) in [5.74, 6) is -7.61. The number of aromatic nitrogens is 1. The summed E-state index contributed by atoms with van der Waals surface area (Å²) in [7, 11) is 2.99. The number of nitrogens with one attached hydrogen (secondary N) is 1. The lowest BCUT2D eigenvalue weighted by molar-refractivity contribution is -0.272. The van der Waals surface area contributed by atoms with Crippen molar-refractivity contribution in [2.24, 2.45) is 11.7 Å². The van der Waals surface area contributed by atoms with Gasteiger partial charge in [-0.2, -0.15) is 17.6 Å². The fraction of sp³-hybridized carbons (Fsp3) is 0.500. The third kappa shape index (κ3) is 5.29. The summed E-state index contributed by atoms with van der Waals surface area (Å²) in [6, 6.07) is 4.51. The highest BCUT2D eigenvalue weighted by Gasteiger charge is 2.66. The monoisotopic (exact) mass is 571 g/mol. The van der Waals surface area contributed by atoms with E-state index in [0.717, 1.165) is 26.2 Å². The first-order valence-electron chi connectivity index (χ1n) is 12.5. The van der Waals surface area contributed by atoms with Crippen LogP contribution in [-0.2, 0) is 9.53 Å². The average molecular weight is 572 g/mol. The van der Waals surface area contributed by atoms with Gasteiger partial charge in [-0.15, -0.1) is 0 Å². The van der Waals surface area contributed by atoms with Crippen LogP contribution in [0.3, 0.4) is 0 Å². The number of pyridine rings is 1. The number of benzene rings is 1. The predicted molar refractivity (Wildman–Crippen MR) is 135 cm³/mol. The number of primary amides is 1. The van der Waals surface area contributed by atoms with E-state index in [1.807, 2.05) is 11.9 Å². The maximum Gasteiger partial charge on any atom is 0.417 e. The smallest absolute Gasteiger partial charge is 0.417 e. The van der Waals surface area contributed by atoms with Gasteiger partial charge < -0.3 is 30.3 Å². The number of hydrogen-bond acceptors (Lipinski definition) is 7. The highest BCUT2D eigenvalue weighted by atomic mass is 19.4. The Hall–Kier alpha value is -3.52. The fourth-order valence-electron chi connectivity index (χ4n) is 5.17. The summed E-state index contributed by atoms with van der Waals surface area (Å²) in [5, 5.41) is 2.52. The Morgan fingerprint density at radius 1 is 1.18 bits per heavy atom. The lowest BCUT2D eigenvalue weighted by Crippen LogP contribution is -2.47. The second kappa shape index (κ2) is 10.8. The highest BCUT2D eigenvalue weighted by molar-refractivity contribution is 5.98. The molecule has 2 aromatic rings. The molecule has 2 aliphatic rings. The summed E-state index contributed by atoms with van der Waals surface area (Å²) in [4.78, 5) is 33.8. The summed E-state index contributed by atoms with van der Waals surface area (Å²) >= 11 is 0. The number of rotatable bonds is 6. The normalized spacial score (nSPS) is 25.6. The SMILES string of the molecule is COc1c([C@H]2[C@H](C(=O)Nc3cc(C(N)=O)nc(N4CCN(C)CC4)c3)O[C@@](C)(C(F)(F)F)[C@H]2C)ccc(F)c1F. The molecule has 14 heteroatoms. The van der Waals surface area contributed by atoms with Crippen molar-refractivity contribution in [1.29, 1.82) is 0 Å². The van der Waals surface area contributed by atoms with E-state index in [1.165, 1.54) is 19.1 Å². The molecule has 0 bridgehead atoms. The van der Waals surface area contributed by atoms with Crippen molar-refractivity contribution >= 4 is 23.3 Å². The number of methoxy groups -OCH3 is 1. The molecule has 40 heavy (non-hydrogen) atoms. The van der Waals surface area contributed by atoms with Crippen LogP contribution in [0.25, 0.3) is 0 Å². The standard InChI is InChI=1S/C26H30F5N5O4/c1-13-19(15-5-6-16(27)20(28)21(15)39-4)22(40-25(13,2)26(29,30)31)24(38)33-14-11-17(23(32)37)34-18(12-14)36-9-7-35(3)8-10-36/h5-6,11-13,19,22H,7-10H2,1-4H3,(H2,32,37)(H,33,34,38)/t13-,19-,22+,25+/m0/s1. The largest absolute Gasteiger partial charge is 0.493 e. The molecule has 1 aromatic carbocycles. The molecule has 2 saturated heterocycles. The maximum atomic E-state index is 14.6. The van der Waals surface area contributed by atoms with E-state index in [9.17, 15) is 31.5 Å². The molecule has 2 amide bonds. The van der Waals surface area contributed by atoms with Crippen LogP contribution < -0.4 is 20.7 Å². The van der Waals surface area contributed by atoms with Gasteiger partial charge in [0.25, 0.3) is 11.8 Å². The van der Waals surface area contributed by atoms with Gasteiger partial charge in [-0.1, -0.05) is 13.0 Å². The Morgan fingerprint density at radius 3 is 2.40 bits per heavy atom. The summed E-state index contributed by atoms with van der Waals surface area (Å²) in [6.07, 6.45) is -6.70. The molecule has 4 rings (SSSR count). The Morgan fingerprint density at radius 2 is 1.82 bits per heavy atom. The van der Waals surface area contributed by atoms with Crippen LogP contribution in [0.1, 0.15) is 35.8 Å². The molecule has 2 fully saturated rings. The van der Waals surface area contributed by atoms with Crippen molar-refractivity contribution in [2.45, 2.75) is 37.6 Å². The summed E-state index contributed by atoms with van der Waals surface area (Å²) in [5.41, 5.74) is 2.37. The first kappa shape index (κ1) is 29.5. The average Bonchev–Trinajstić information content (AvgIpc) is 3.17. The highest BCUT2D eigenvalue weighted by Crippen LogP contribution is 2.55. The van der Waals surface area contributed by atoms with E-state index >= 15 is 0 Å². The molecule has 2 aliphatic heterocycles. The van der Waals surface area contributed by atoms with Crippen molar-refractivity contribution < 1.29 is 41.0 Å². The van der Waals surface area contributed by atoms with E-state index in [1.54, 1.807) is 0 Å². The van der Waals surface area contributed by atoms with E-state index in [4.69, 9.17) is 15.2 Å². The number of hydrogen-bond donors (Lipinski definition) is 2. The van der Waals surface area contributed by atoms with Gasteiger partial charge in [-0.05, 0) is 26.1 Å². The number of halogens is 5. The van der Waals surface area contributed by atoms with Crippen LogP contribution in [0, 0.1) is 17.6 Å². The predicted octanol–water partition coefficient (Wildman–Crippen LogP) is 3.30. The van der Waals surface area contributed by atoms with E-state index in [-0.39, 0.29) is 16.9 Å². The van der Waals surface area contributed by atoms with Gasteiger partial charge in [0, 0.05) is 55.3 Å². The van der Waals surface area contributed by atoms with Crippen LogP contribution in [0.2, 0.25) is 0 Å². The number of ether oxygens (including phenoxy) is 2. The number of amides is 2. The number of likely N-dealkylation sites (N-methyl/N-ethyl adjacent to an activating group) is 1. The lowest BCUT2D eigenvalue weighted by Gasteiger charge is -2.33. The molecule has 218 valence electrons. The summed E-state index contributed by atoms with van der Waals surface area (Å²) < 4.78 is 81.6. The van der Waals surface area contributed by atoms with Gasteiger partial charge in [0.05, 0.1) is 7.11 Å². The van der Waals surface area contributed by atoms with Crippen molar-refractivity contribution in [2.75, 3.05) is 50.6 Å². The number of anilines is 2. The zero-order valence-electron chi connectivity index (χ0n) is 22.3. The fourth-order valence-corrected chi connectivity index (χ4v) is 5.17. The van der Waals surface area contributed by atoms with Crippen LogP contribution in [0.5, 0.6) is 5.75 Å². The molecule has 0 unspecified atom stereocenters. The van der Waals surface area contributed by atoms with E-state index in [0.29, 0.717) is 32.0 Å². The molecule has 4 atom stereocenters. The molecule has 3 N–H and O–H groups in total. The Balaban J connectivity index is 1.74. The molecule has 9 nitrogen and oxygen atoms in total. The molecular formula is C26H30F5N5O4. The molecule has 3 heterocycles. The minimum atomic E-state index is -4.91. The third-order valence-electron chi connectivity index (χ3n) is 7.73. The molecule has 0 radical (unpaired) electrons. The van der Waals surface area contributed by atoms with Gasteiger partial charge >= 0.3 is 6.18 Å². The molecule has 0 aliphatic carbocycles. The molecule has 1 aromatic heterocycles. The van der Waals surface area contributed by atoms with Crippen LogP contribution in [0.4, 0.5) is 33.5 Å². The number of piperazine rings is 1. The van der Waals surface area contributed by atoms with E-state index < -0.39 is 58.9 Å². The minimum absolute atomic E-state index is 0.0515. The quantitative estimate of drug-likeness (QED) is 0.512. The van der Waals surface area contributed by atoms with Crippen molar-refractivity contribution in [3.8, 4) is 5.75 Å². The number of nitrogens with two attached hydrogens (primary N) is 1. The van der Waals surface area contributed by atoms with Gasteiger partial charge in [0.2, 0.25) is 5.82 Å². The third-order valence-corrected chi connectivity index (χ3v) is 7.73. The van der Waals surface area contributed by atoms with Crippen LogP contribution in [-0.4, -0.2) is 79.9 Å². The number of alkyl halides is 3. The molecule has 0 spiro atoms. The van der Waals surface area contributed by atoms with E-state index in [2.05, 4.69) is 15.2 Å². The molecular weight excluding hydrogens is 541 g/mol. The Kier molecular flexibility index (Phi) is 7.96. The van der Waals surface area contributed by atoms with Crippen molar-refractivity contribution in [3.63, 3.8) is 0 Å². The number of carbonyl (C=O) groups excluding carboxylic acids is 2. The lowest BCUT2D eigenvalue weighted by atomic mass is 9.77. The van der Waals surface area contributed by atoms with Crippen LogP contribution >= 0.6 is 0 Å². The Bertz CT molecular complexity index is 1300.